The van der Waals surface area contributed by atoms with Gasteiger partial charge in [0.15, 0.2) is 5.82 Å². The highest BCUT2D eigenvalue weighted by atomic mass is 32.1. The predicted octanol–water partition coefficient (Wildman–Crippen LogP) is 1.60. The first kappa shape index (κ1) is 16.3. The zero-order chi connectivity index (χ0) is 17.2. The Balaban J connectivity index is 1.46. The van der Waals surface area contributed by atoms with Crippen molar-refractivity contribution in [1.82, 2.24) is 39.0 Å². The summed E-state index contributed by atoms with van der Waals surface area (Å²) in [5.74, 6) is 2.43. The molecule has 1 aliphatic heterocycles. The van der Waals surface area contributed by atoms with Gasteiger partial charge < -0.3 is 4.57 Å². The molecule has 0 unspecified atom stereocenters. The molecule has 25 heavy (non-hydrogen) atoms. The Morgan fingerprint density at radius 2 is 2.16 bits per heavy atom. The Hall–Kier alpha value is -2.13. The van der Waals surface area contributed by atoms with E-state index in [1.807, 2.05) is 23.9 Å². The van der Waals surface area contributed by atoms with E-state index in [-0.39, 0.29) is 0 Å². The molecule has 1 saturated heterocycles. The van der Waals surface area contributed by atoms with Gasteiger partial charge in [-0.15, -0.1) is 15.3 Å². The number of rotatable bonds is 5. The molecule has 0 saturated carbocycles. The number of hydrogen-bond acceptors (Lipinski definition) is 7. The van der Waals surface area contributed by atoms with Crippen LogP contribution in [0.1, 0.15) is 41.0 Å². The molecule has 0 radical (unpaired) electrons. The maximum atomic E-state index is 4.49. The van der Waals surface area contributed by atoms with Gasteiger partial charge in [0.1, 0.15) is 12.4 Å². The van der Waals surface area contributed by atoms with Gasteiger partial charge in [-0.05, 0) is 43.9 Å². The predicted molar refractivity (Wildman–Crippen MR) is 94.2 cm³/mol. The molecular weight excluding hydrogens is 336 g/mol. The Labute approximate surface area is 150 Å². The summed E-state index contributed by atoms with van der Waals surface area (Å²) in [7, 11) is 2.06. The zero-order valence-corrected chi connectivity index (χ0v) is 15.4. The first-order valence-corrected chi connectivity index (χ1v) is 9.34. The van der Waals surface area contributed by atoms with E-state index < -0.39 is 0 Å². The molecule has 9 heteroatoms. The van der Waals surface area contributed by atoms with Crippen LogP contribution in [0.2, 0.25) is 0 Å². The topological polar surface area (TPSA) is 77.6 Å². The number of aryl methyl sites for hydroxylation is 1. The second-order valence-electron chi connectivity index (χ2n) is 6.59. The molecule has 1 atom stereocenters. The number of nitrogens with zero attached hydrogens (tertiary/aromatic N) is 8. The van der Waals surface area contributed by atoms with Crippen molar-refractivity contribution >= 4 is 11.5 Å². The fraction of sp³-hybridized carbons (Fsp3) is 0.562. The second-order valence-corrected chi connectivity index (χ2v) is 7.43. The average molecular weight is 358 g/mol. The molecule has 0 aromatic carbocycles. The van der Waals surface area contributed by atoms with Crippen LogP contribution in [0.25, 0.3) is 0 Å². The highest BCUT2D eigenvalue weighted by Crippen LogP contribution is 2.27. The Kier molecular flexibility index (Phi) is 4.58. The van der Waals surface area contributed by atoms with Crippen molar-refractivity contribution in [3.63, 3.8) is 0 Å². The smallest absolute Gasteiger partial charge is 0.154 e. The van der Waals surface area contributed by atoms with E-state index in [2.05, 4.69) is 41.4 Å². The van der Waals surface area contributed by atoms with Gasteiger partial charge in [0.05, 0.1) is 10.6 Å². The summed E-state index contributed by atoms with van der Waals surface area (Å²) in [6.45, 7) is 5.73. The fourth-order valence-electron chi connectivity index (χ4n) is 3.42. The molecule has 0 amide bonds. The van der Waals surface area contributed by atoms with Crippen LogP contribution in [-0.4, -0.2) is 52.1 Å². The number of aromatic nitrogens is 7. The Bertz CT molecular complexity index is 821. The van der Waals surface area contributed by atoms with Gasteiger partial charge in [-0.25, -0.2) is 0 Å². The number of piperidine rings is 1. The molecule has 8 nitrogen and oxygen atoms in total. The Morgan fingerprint density at radius 1 is 1.24 bits per heavy atom. The molecule has 0 aliphatic carbocycles. The van der Waals surface area contributed by atoms with E-state index in [4.69, 9.17) is 0 Å². The minimum absolute atomic E-state index is 0.416. The van der Waals surface area contributed by atoms with E-state index in [1.54, 1.807) is 6.20 Å². The third kappa shape index (κ3) is 3.47. The van der Waals surface area contributed by atoms with Crippen LogP contribution in [0, 0.1) is 6.92 Å². The summed E-state index contributed by atoms with van der Waals surface area (Å²) in [6.07, 6.45) is 6.07. The summed E-state index contributed by atoms with van der Waals surface area (Å²) in [5.41, 5.74) is 1.05. The summed E-state index contributed by atoms with van der Waals surface area (Å²) in [5, 5.41) is 17.3. The third-order valence-corrected chi connectivity index (χ3v) is 5.65. The number of hydrogen-bond donors (Lipinski definition) is 0. The van der Waals surface area contributed by atoms with Crippen LogP contribution < -0.4 is 0 Å². The quantitative estimate of drug-likeness (QED) is 0.689. The van der Waals surface area contributed by atoms with Crippen LogP contribution in [-0.2, 0) is 20.1 Å². The molecule has 4 rings (SSSR count). The minimum atomic E-state index is 0.416. The van der Waals surface area contributed by atoms with Crippen LogP contribution >= 0.6 is 11.5 Å². The van der Waals surface area contributed by atoms with Crippen molar-refractivity contribution in [1.29, 1.82) is 0 Å². The monoisotopic (exact) mass is 358 g/mol. The lowest BCUT2D eigenvalue weighted by Gasteiger charge is -2.31. The maximum absolute atomic E-state index is 4.49. The molecule has 0 N–H and O–H groups in total. The molecule has 1 fully saturated rings. The van der Waals surface area contributed by atoms with Crippen molar-refractivity contribution in [3.05, 3.63) is 40.7 Å². The minimum Gasteiger partial charge on any atom is -0.316 e. The van der Waals surface area contributed by atoms with Crippen molar-refractivity contribution in [2.24, 2.45) is 7.05 Å². The molecular formula is C16H22N8S. The Morgan fingerprint density at radius 3 is 2.92 bits per heavy atom. The zero-order valence-electron chi connectivity index (χ0n) is 14.5. The van der Waals surface area contributed by atoms with E-state index >= 15 is 0 Å². The second kappa shape index (κ2) is 7.01. The molecule has 3 aromatic heterocycles. The average Bonchev–Trinajstić information content (AvgIpc) is 3.33. The first-order valence-electron chi connectivity index (χ1n) is 8.56. The standard InChI is InChI=1S/C16H22N8S/c1-12-14(25-21-18-12)10-23-7-3-5-13(9-23)16-20-19-15(22(16)2)11-24-8-4-6-17-24/h4,6,8,13H,3,5,7,9-11H2,1-2H3/t13-/m0/s1. The van der Waals surface area contributed by atoms with Gasteiger partial charge in [0, 0.05) is 38.4 Å². The maximum Gasteiger partial charge on any atom is 0.154 e. The summed E-state index contributed by atoms with van der Waals surface area (Å²) >= 11 is 1.50. The van der Waals surface area contributed by atoms with Crippen molar-refractivity contribution in [2.75, 3.05) is 13.1 Å². The molecule has 3 aromatic rings. The summed E-state index contributed by atoms with van der Waals surface area (Å²) < 4.78 is 8.06. The first-order chi connectivity index (χ1) is 12.2. The van der Waals surface area contributed by atoms with E-state index in [0.717, 1.165) is 43.4 Å². The van der Waals surface area contributed by atoms with Gasteiger partial charge in [0.25, 0.3) is 0 Å². The third-order valence-electron chi connectivity index (χ3n) is 4.84. The molecule has 1 aliphatic rings. The van der Waals surface area contributed by atoms with Crippen LogP contribution in [0.15, 0.2) is 18.5 Å². The lowest BCUT2D eigenvalue weighted by atomic mass is 9.97. The van der Waals surface area contributed by atoms with E-state index in [1.165, 1.54) is 22.8 Å². The highest BCUT2D eigenvalue weighted by Gasteiger charge is 2.26. The van der Waals surface area contributed by atoms with Gasteiger partial charge in [0.2, 0.25) is 0 Å². The highest BCUT2D eigenvalue weighted by molar-refractivity contribution is 7.05. The SMILES string of the molecule is Cc1nnsc1CN1CCC[C@H](c2nnc(Cn3cccn3)n2C)C1. The van der Waals surface area contributed by atoms with E-state index in [9.17, 15) is 0 Å². The molecule has 0 bridgehead atoms. The van der Waals surface area contributed by atoms with Crippen LogP contribution in [0.5, 0.6) is 0 Å². The molecule has 4 heterocycles. The molecule has 132 valence electrons. The largest absolute Gasteiger partial charge is 0.316 e. The summed E-state index contributed by atoms with van der Waals surface area (Å²) in [6, 6.07) is 1.92. The van der Waals surface area contributed by atoms with Crippen molar-refractivity contribution in [2.45, 2.75) is 38.8 Å². The number of likely N-dealkylation sites (tertiary alicyclic amines) is 1. The normalized spacial score (nSPS) is 18.7. The van der Waals surface area contributed by atoms with Crippen LogP contribution in [0.4, 0.5) is 0 Å². The van der Waals surface area contributed by atoms with Gasteiger partial charge in [-0.1, -0.05) is 4.49 Å². The lowest BCUT2D eigenvalue weighted by molar-refractivity contribution is 0.196. The van der Waals surface area contributed by atoms with E-state index in [0.29, 0.717) is 12.5 Å². The van der Waals surface area contributed by atoms with Gasteiger partial charge in [-0.2, -0.15) is 5.10 Å². The van der Waals surface area contributed by atoms with Gasteiger partial charge in [-0.3, -0.25) is 9.58 Å². The lowest BCUT2D eigenvalue weighted by Crippen LogP contribution is -2.34. The van der Waals surface area contributed by atoms with Crippen LogP contribution in [0.3, 0.4) is 0 Å². The van der Waals surface area contributed by atoms with Crippen molar-refractivity contribution < 1.29 is 0 Å². The summed E-state index contributed by atoms with van der Waals surface area (Å²) in [4.78, 5) is 3.75. The van der Waals surface area contributed by atoms with Crippen molar-refractivity contribution in [3.8, 4) is 0 Å². The van der Waals surface area contributed by atoms with Gasteiger partial charge >= 0.3 is 0 Å². The molecule has 0 spiro atoms. The fourth-order valence-corrected chi connectivity index (χ4v) is 4.09.